The topological polar surface area (TPSA) is 103 Å². The first kappa shape index (κ1) is 64.4. The van der Waals surface area contributed by atoms with Crippen LogP contribution in [0.25, 0.3) is 0 Å². The van der Waals surface area contributed by atoms with E-state index in [1.807, 2.05) is 29.2 Å². The Morgan fingerprint density at radius 1 is 0.438 bits per heavy atom. The Morgan fingerprint density at radius 3 is 1.04 bits per heavy atom. The van der Waals surface area contributed by atoms with E-state index in [0.717, 1.165) is 37.0 Å². The van der Waals surface area contributed by atoms with Crippen LogP contribution in [0.5, 0.6) is 0 Å². The molecule has 0 bridgehead atoms. The third kappa shape index (κ3) is 35.9. The zero-order valence-electron chi connectivity index (χ0n) is 47.7. The number of carbonyl (C=O) groups excluding carboxylic acids is 1. The fourth-order valence-electron chi connectivity index (χ4n) is 11.8. The SMILES string of the molecule is N#Cc1ccc(C2=NOC3(CCCCCCCCCCCCCCCCCCCCCCCCCCCCCCCCCCCCCCCCCCCCCCCCCCN(C(=O)CCC(=O)O)CC3)C2)cc1. The molecule has 0 radical (unpaired) electrons. The van der Waals surface area contributed by atoms with Crippen LogP contribution in [0.4, 0.5) is 0 Å². The molecule has 418 valence electrons. The molecule has 1 fully saturated rings. The Kier molecular flexibility index (Phi) is 41.0. The highest BCUT2D eigenvalue weighted by Gasteiger charge is 2.39. The van der Waals surface area contributed by atoms with Gasteiger partial charge in [0.25, 0.3) is 0 Å². The Balaban J connectivity index is 1.39. The maximum absolute atomic E-state index is 13.5. The van der Waals surface area contributed by atoms with Crippen LogP contribution in [0.1, 0.15) is 351 Å². The molecule has 7 nitrogen and oxygen atoms in total. The van der Waals surface area contributed by atoms with Crippen molar-refractivity contribution in [1.29, 1.82) is 5.26 Å². The smallest absolute Gasteiger partial charge is 0.303 e. The molecule has 0 aromatic heterocycles. The lowest BCUT2D eigenvalue weighted by atomic mass is 9.85. The zero-order chi connectivity index (χ0) is 51.8. The van der Waals surface area contributed by atoms with E-state index in [9.17, 15) is 20.0 Å². The molecule has 73 heavy (non-hydrogen) atoms. The molecule has 1 aromatic rings. The van der Waals surface area contributed by atoms with Gasteiger partial charge in [0.15, 0.2) is 0 Å². The Hall–Kier alpha value is -2.88. The number of nitrogens with zero attached hydrogens (tertiary/aromatic N) is 3. The molecule has 1 saturated heterocycles. The lowest BCUT2D eigenvalue weighted by Crippen LogP contribution is -2.39. The molecular weight excluding hydrogens is 899 g/mol. The fraction of sp³-hybridized carbons (Fsp3) is 0.848. The van der Waals surface area contributed by atoms with E-state index in [4.69, 9.17) is 4.84 Å². The van der Waals surface area contributed by atoms with E-state index in [-0.39, 0.29) is 18.7 Å². The van der Waals surface area contributed by atoms with E-state index in [1.54, 1.807) is 0 Å². The molecule has 7 heteroatoms. The van der Waals surface area contributed by atoms with Gasteiger partial charge >= 0.3 is 5.97 Å². The highest BCUT2D eigenvalue weighted by molar-refractivity contribution is 6.01. The first-order chi connectivity index (χ1) is 36.0. The first-order valence-corrected chi connectivity index (χ1v) is 32.3. The number of carbonyl (C=O) groups is 2. The van der Waals surface area contributed by atoms with Crippen LogP contribution in [0.3, 0.4) is 0 Å². The van der Waals surface area contributed by atoms with E-state index in [2.05, 4.69) is 11.2 Å². The highest BCUT2D eigenvalue weighted by atomic mass is 16.7. The lowest BCUT2D eigenvalue weighted by molar-refractivity contribution is -0.141. The van der Waals surface area contributed by atoms with Gasteiger partial charge < -0.3 is 14.8 Å². The van der Waals surface area contributed by atoms with Crippen molar-refractivity contribution in [3.63, 3.8) is 0 Å². The highest BCUT2D eigenvalue weighted by Crippen LogP contribution is 2.36. The zero-order valence-corrected chi connectivity index (χ0v) is 47.7. The summed E-state index contributed by atoms with van der Waals surface area (Å²) in [6.07, 6.45) is 68.4. The maximum Gasteiger partial charge on any atom is 0.303 e. The summed E-state index contributed by atoms with van der Waals surface area (Å²) in [5, 5.41) is 23.4. The summed E-state index contributed by atoms with van der Waals surface area (Å²) < 4.78 is 0. The minimum atomic E-state index is -0.926. The van der Waals surface area contributed by atoms with Crippen molar-refractivity contribution in [1.82, 2.24) is 4.90 Å². The molecule has 1 spiro atoms. The number of hydrogen-bond acceptors (Lipinski definition) is 5. The maximum atomic E-state index is 13.5. The van der Waals surface area contributed by atoms with Gasteiger partial charge in [0.05, 0.1) is 23.8 Å². The molecular formula is C66H115N3O4. The fourth-order valence-corrected chi connectivity index (χ4v) is 11.8. The summed E-state index contributed by atoms with van der Waals surface area (Å²) in [4.78, 5) is 33.3. The molecule has 3 rings (SSSR count). The van der Waals surface area contributed by atoms with E-state index >= 15 is 0 Å². The Bertz CT molecular complexity index is 1520. The van der Waals surface area contributed by atoms with Crippen molar-refractivity contribution in [2.45, 2.75) is 346 Å². The van der Waals surface area contributed by atoms with Gasteiger partial charge in [0.2, 0.25) is 5.91 Å². The average Bonchev–Trinajstić information content (AvgIpc) is 3.83. The predicted molar refractivity (Wildman–Crippen MR) is 310 cm³/mol. The second-order valence-electron chi connectivity index (χ2n) is 23.4. The Morgan fingerprint density at radius 2 is 0.740 bits per heavy atom. The average molecular weight is 1010 g/mol. The molecule has 2 aliphatic heterocycles. The molecule has 0 aliphatic carbocycles. The molecule has 1 atom stereocenters. The summed E-state index contributed by atoms with van der Waals surface area (Å²) in [5.74, 6) is -0.992. The summed E-state index contributed by atoms with van der Waals surface area (Å²) in [6.45, 7) is 1.21. The number of amides is 1. The van der Waals surface area contributed by atoms with Crippen molar-refractivity contribution in [3.05, 3.63) is 35.4 Å². The number of benzene rings is 1. The van der Waals surface area contributed by atoms with Gasteiger partial charge in [-0.2, -0.15) is 5.26 Å². The number of aliphatic carboxylic acids is 1. The standard InChI is InChI=1S/C66H115N3O4/c67-60-61-49-51-62(52-50-61)63-59-66(73-68-63)55-47-45-43-41-39-37-35-33-31-29-27-25-23-21-19-17-15-13-11-9-7-5-3-1-2-4-6-8-10-12-14-16-18-20-22-24-26-28-30-32-34-36-38-40-42-44-46-48-57-69(58-56-66)64(70)53-54-65(71)72/h49-52H,1-48,53-59H2,(H,71,72). The molecule has 2 heterocycles. The number of oxime groups is 1. The van der Waals surface area contributed by atoms with Crippen LogP contribution < -0.4 is 0 Å². The van der Waals surface area contributed by atoms with Crippen LogP contribution in [-0.4, -0.2) is 46.3 Å². The first-order valence-electron chi connectivity index (χ1n) is 32.3. The second kappa shape index (κ2) is 46.4. The third-order valence-electron chi connectivity index (χ3n) is 16.7. The van der Waals surface area contributed by atoms with Crippen LogP contribution >= 0.6 is 0 Å². The number of hydrogen-bond donors (Lipinski definition) is 1. The van der Waals surface area contributed by atoms with Gasteiger partial charge in [-0.25, -0.2) is 0 Å². The van der Waals surface area contributed by atoms with E-state index in [1.165, 1.54) is 289 Å². The minimum absolute atomic E-state index is 0.0379. The van der Waals surface area contributed by atoms with Crippen LogP contribution in [0, 0.1) is 11.3 Å². The molecule has 2 aliphatic rings. The van der Waals surface area contributed by atoms with Crippen molar-refractivity contribution >= 4 is 17.6 Å². The molecule has 1 aromatic carbocycles. The van der Waals surface area contributed by atoms with Crippen molar-refractivity contribution in [2.24, 2.45) is 5.16 Å². The number of rotatable bonds is 4. The third-order valence-corrected chi connectivity index (χ3v) is 16.7. The summed E-state index contributed by atoms with van der Waals surface area (Å²) in [5.41, 5.74) is 2.01. The molecule has 1 unspecified atom stereocenters. The summed E-state index contributed by atoms with van der Waals surface area (Å²) >= 11 is 0. The number of carboxylic acids is 1. The van der Waals surface area contributed by atoms with Gasteiger partial charge in [-0.15, -0.1) is 0 Å². The van der Waals surface area contributed by atoms with Gasteiger partial charge in [-0.1, -0.05) is 313 Å². The molecule has 1 amide bonds. The number of nitriles is 1. The second-order valence-corrected chi connectivity index (χ2v) is 23.4. The summed E-state index contributed by atoms with van der Waals surface area (Å²) in [7, 11) is 0. The Labute approximate surface area is 451 Å². The van der Waals surface area contributed by atoms with Crippen LogP contribution in [0.15, 0.2) is 29.4 Å². The van der Waals surface area contributed by atoms with Gasteiger partial charge in [0.1, 0.15) is 5.60 Å². The van der Waals surface area contributed by atoms with Crippen LogP contribution in [0.2, 0.25) is 0 Å². The van der Waals surface area contributed by atoms with Gasteiger partial charge in [-0.05, 0) is 37.0 Å². The van der Waals surface area contributed by atoms with Crippen molar-refractivity contribution in [3.8, 4) is 6.07 Å². The molecule has 1 N–H and O–H groups in total. The number of carboxylic acid groups (broad SMARTS) is 1. The monoisotopic (exact) mass is 1010 g/mol. The van der Waals surface area contributed by atoms with E-state index < -0.39 is 11.6 Å². The van der Waals surface area contributed by atoms with Gasteiger partial charge in [-0.3, -0.25) is 9.59 Å². The van der Waals surface area contributed by atoms with Crippen LogP contribution in [-0.2, 0) is 14.4 Å². The molecule has 0 saturated carbocycles. The van der Waals surface area contributed by atoms with E-state index in [0.29, 0.717) is 31.5 Å². The lowest BCUT2D eigenvalue weighted by Gasteiger charge is -2.31. The minimum Gasteiger partial charge on any atom is -0.481 e. The van der Waals surface area contributed by atoms with Gasteiger partial charge in [0, 0.05) is 32.4 Å². The quantitative estimate of drug-likeness (QED) is 0.324. The largest absolute Gasteiger partial charge is 0.481 e. The summed E-state index contributed by atoms with van der Waals surface area (Å²) in [6, 6.07) is 9.81. The normalized spacial score (nSPS) is 23.4. The van der Waals surface area contributed by atoms with Crippen molar-refractivity contribution < 1.29 is 19.5 Å². The van der Waals surface area contributed by atoms with Crippen molar-refractivity contribution in [2.75, 3.05) is 13.1 Å². The predicted octanol–water partition coefficient (Wildman–Crippen LogP) is 20.6.